The molecule has 2 aliphatic heterocycles. The topological polar surface area (TPSA) is 46.5 Å². The van der Waals surface area contributed by atoms with E-state index in [-0.39, 0.29) is 12.2 Å². The molecular weight excluding hydrogens is 464 g/mol. The average Bonchev–Trinajstić information content (AvgIpc) is 3.08. The summed E-state index contributed by atoms with van der Waals surface area (Å²) in [5.41, 5.74) is 2.22. The Hall–Kier alpha value is -0.630. The molecule has 1 aromatic carbocycles. The first-order chi connectivity index (χ1) is 12.7. The number of para-hydroxylation sites is 2. The molecule has 1 saturated heterocycles. The largest absolute Gasteiger partial charge is 0.489 e. The molecule has 0 N–H and O–H groups in total. The smallest absolute Gasteiger partial charge is 0.145 e. The fourth-order valence-corrected chi connectivity index (χ4v) is 4.00. The molecule has 3 rings (SSSR count). The van der Waals surface area contributed by atoms with Gasteiger partial charge in [-0.15, -0.1) is 0 Å². The molecule has 0 radical (unpaired) electrons. The summed E-state index contributed by atoms with van der Waals surface area (Å²) < 4.78 is 11.4. The van der Waals surface area contributed by atoms with Crippen LogP contribution in [0.15, 0.2) is 29.4 Å². The minimum absolute atomic E-state index is 0.161. The molecule has 2 aliphatic rings. The minimum atomic E-state index is 0.161. The van der Waals surface area contributed by atoms with Gasteiger partial charge in [0.05, 0.1) is 30.6 Å². The van der Waals surface area contributed by atoms with E-state index in [9.17, 15) is 0 Å². The second-order valence-electron chi connectivity index (χ2n) is 6.88. The van der Waals surface area contributed by atoms with Gasteiger partial charge in [-0.2, -0.15) is 0 Å². The highest BCUT2D eigenvalue weighted by atomic mass is 127. The summed E-state index contributed by atoms with van der Waals surface area (Å²) in [7, 11) is 0. The van der Waals surface area contributed by atoms with Crippen molar-refractivity contribution in [2.24, 2.45) is 5.16 Å². The van der Waals surface area contributed by atoms with E-state index in [1.807, 2.05) is 6.07 Å². The molecule has 26 heavy (non-hydrogen) atoms. The molecule has 0 aliphatic carbocycles. The van der Waals surface area contributed by atoms with Gasteiger partial charge in [-0.1, -0.05) is 17.3 Å². The van der Waals surface area contributed by atoms with Crippen LogP contribution in [-0.2, 0) is 9.36 Å². The first kappa shape index (κ1) is 20.1. The van der Waals surface area contributed by atoms with Crippen molar-refractivity contribution in [3.63, 3.8) is 0 Å². The number of rotatable bonds is 8. The van der Waals surface area contributed by atoms with E-state index in [4.69, 9.17) is 14.1 Å². The summed E-state index contributed by atoms with van der Waals surface area (Å²) in [5.74, 6) is 0.976. The molecule has 1 fully saturated rings. The first-order valence-electron chi connectivity index (χ1n) is 9.07. The summed E-state index contributed by atoms with van der Waals surface area (Å²) in [6, 6.07) is 8.33. The first-order valence-corrected chi connectivity index (χ1v) is 13.1. The Morgan fingerprint density at radius 3 is 2.77 bits per heavy atom. The van der Waals surface area contributed by atoms with Crippen LogP contribution in [0.4, 0.5) is 5.69 Å². The van der Waals surface area contributed by atoms with E-state index in [1.165, 1.54) is 5.69 Å². The van der Waals surface area contributed by atoms with E-state index in [0.29, 0.717) is 13.1 Å². The highest BCUT2D eigenvalue weighted by Gasteiger charge is 2.26. The number of hydrogen-bond acceptors (Lipinski definition) is 6. The van der Waals surface area contributed by atoms with Gasteiger partial charge in [0.15, 0.2) is 0 Å². The van der Waals surface area contributed by atoms with Gasteiger partial charge in [0.1, 0.15) is 11.9 Å². The lowest BCUT2D eigenvalue weighted by molar-refractivity contribution is 0.0509. The SMILES string of the molecule is CC(C)Oc1ccccc1N1CCN(CC2CC(COPI)=NO2)CC1. The van der Waals surface area contributed by atoms with E-state index in [2.05, 4.69) is 69.0 Å². The van der Waals surface area contributed by atoms with Crippen LogP contribution in [0.2, 0.25) is 0 Å². The molecule has 6 nitrogen and oxygen atoms in total. The minimum Gasteiger partial charge on any atom is -0.489 e. The van der Waals surface area contributed by atoms with Crippen LogP contribution in [0.25, 0.3) is 0 Å². The van der Waals surface area contributed by atoms with Gasteiger partial charge in [-0.05, 0) is 48.0 Å². The molecule has 1 aromatic rings. The third-order valence-electron chi connectivity index (χ3n) is 4.49. The Morgan fingerprint density at radius 1 is 1.27 bits per heavy atom. The van der Waals surface area contributed by atoms with Crippen molar-refractivity contribution in [2.45, 2.75) is 32.5 Å². The maximum Gasteiger partial charge on any atom is 0.145 e. The second-order valence-corrected chi connectivity index (χ2v) is 8.64. The van der Waals surface area contributed by atoms with Gasteiger partial charge in [0, 0.05) is 39.1 Å². The lowest BCUT2D eigenvalue weighted by atomic mass is 10.1. The fraction of sp³-hybridized carbons (Fsp3) is 0.611. The number of hydrogen-bond donors (Lipinski definition) is 0. The normalized spacial score (nSPS) is 21.5. The predicted molar refractivity (Wildman–Crippen MR) is 116 cm³/mol. The Balaban J connectivity index is 1.47. The molecule has 144 valence electrons. The lowest BCUT2D eigenvalue weighted by Crippen LogP contribution is -2.48. The van der Waals surface area contributed by atoms with Gasteiger partial charge in [0.2, 0.25) is 0 Å². The second kappa shape index (κ2) is 10.1. The summed E-state index contributed by atoms with van der Waals surface area (Å²) in [6.07, 6.45) is 1.23. The van der Waals surface area contributed by atoms with Gasteiger partial charge in [-0.25, -0.2) is 0 Å². The molecule has 0 aromatic heterocycles. The van der Waals surface area contributed by atoms with Crippen LogP contribution in [0.5, 0.6) is 5.75 Å². The van der Waals surface area contributed by atoms with Crippen LogP contribution in [0.3, 0.4) is 0 Å². The van der Waals surface area contributed by atoms with Crippen molar-refractivity contribution in [3.05, 3.63) is 24.3 Å². The lowest BCUT2D eigenvalue weighted by Gasteiger charge is -2.37. The zero-order valence-corrected chi connectivity index (χ0v) is 18.5. The van der Waals surface area contributed by atoms with Crippen molar-refractivity contribution in [2.75, 3.05) is 44.2 Å². The Kier molecular flexibility index (Phi) is 7.78. The molecule has 2 unspecified atom stereocenters. The van der Waals surface area contributed by atoms with Crippen LogP contribution in [0.1, 0.15) is 20.3 Å². The van der Waals surface area contributed by atoms with Gasteiger partial charge in [0.25, 0.3) is 0 Å². The Morgan fingerprint density at radius 2 is 2.04 bits per heavy atom. The van der Waals surface area contributed by atoms with Gasteiger partial charge < -0.3 is 19.0 Å². The molecule has 0 bridgehead atoms. The van der Waals surface area contributed by atoms with Crippen LogP contribution < -0.4 is 9.64 Å². The monoisotopic (exact) mass is 491 g/mol. The standard InChI is InChI=1S/C18H27IN3O3P/c1-14(2)24-18-6-4-3-5-17(18)22-9-7-21(8-10-22)12-16-11-15(20-25-16)13-23-26-19/h3-6,14,16,26H,7-13H2,1-2H3. The number of ether oxygens (including phenoxy) is 1. The van der Waals surface area contributed by atoms with Gasteiger partial charge >= 0.3 is 0 Å². The predicted octanol–water partition coefficient (Wildman–Crippen LogP) is 3.70. The molecule has 2 heterocycles. The Labute approximate surface area is 170 Å². The summed E-state index contributed by atoms with van der Waals surface area (Å²) in [5, 5.41) is 4.16. The van der Waals surface area contributed by atoms with Gasteiger partial charge in [-0.3, -0.25) is 4.90 Å². The molecule has 0 amide bonds. The highest BCUT2D eigenvalue weighted by Crippen LogP contribution is 2.30. The van der Waals surface area contributed by atoms with Crippen molar-refractivity contribution in [3.8, 4) is 5.75 Å². The number of oxime groups is 1. The summed E-state index contributed by atoms with van der Waals surface area (Å²) >= 11 is 2.23. The maximum atomic E-state index is 5.97. The molecule has 0 saturated carbocycles. The maximum absolute atomic E-state index is 5.97. The Bertz CT molecular complexity index is 609. The van der Waals surface area contributed by atoms with E-state index >= 15 is 0 Å². The number of anilines is 1. The van der Waals surface area contributed by atoms with E-state index in [1.54, 1.807) is 0 Å². The number of piperazine rings is 1. The van der Waals surface area contributed by atoms with E-state index < -0.39 is 0 Å². The molecule has 0 spiro atoms. The zero-order chi connectivity index (χ0) is 18.4. The third kappa shape index (κ3) is 5.68. The van der Waals surface area contributed by atoms with Crippen molar-refractivity contribution in [1.29, 1.82) is 0 Å². The van der Waals surface area contributed by atoms with Crippen LogP contribution in [-0.4, -0.2) is 62.2 Å². The fourth-order valence-electron chi connectivity index (χ4n) is 3.31. The quantitative estimate of drug-likeness (QED) is 0.410. The number of nitrogens with zero attached hydrogens (tertiary/aromatic N) is 3. The van der Waals surface area contributed by atoms with Crippen molar-refractivity contribution in [1.82, 2.24) is 4.90 Å². The number of benzene rings is 1. The summed E-state index contributed by atoms with van der Waals surface area (Å²) in [4.78, 5) is 10.5. The number of halogens is 1. The van der Waals surface area contributed by atoms with E-state index in [0.717, 1.165) is 50.6 Å². The van der Waals surface area contributed by atoms with Crippen molar-refractivity contribution < 1.29 is 14.1 Å². The zero-order valence-electron chi connectivity index (χ0n) is 15.4. The van der Waals surface area contributed by atoms with Crippen LogP contribution in [0, 0.1) is 0 Å². The highest BCUT2D eigenvalue weighted by molar-refractivity contribution is 14.2. The average molecular weight is 491 g/mol. The molecule has 2 atom stereocenters. The van der Waals surface area contributed by atoms with Crippen molar-refractivity contribution >= 4 is 39.9 Å². The summed E-state index contributed by atoms with van der Waals surface area (Å²) in [6.45, 7) is 10.2. The molecule has 8 heteroatoms. The van der Waals surface area contributed by atoms with Crippen LogP contribution >= 0.6 is 28.5 Å². The third-order valence-corrected chi connectivity index (χ3v) is 5.68. The molecular formula is C18H27IN3O3P.